The predicted molar refractivity (Wildman–Crippen MR) is 73.6 cm³/mol. The second-order valence-electron chi connectivity index (χ2n) is 5.43. The van der Waals surface area contributed by atoms with E-state index in [1.54, 1.807) is 0 Å². The van der Waals surface area contributed by atoms with Crippen molar-refractivity contribution in [2.24, 2.45) is 0 Å². The number of hydrogen-bond donors (Lipinski definition) is 1. The van der Waals surface area contributed by atoms with Gasteiger partial charge in [0.25, 0.3) is 0 Å². The van der Waals surface area contributed by atoms with Crippen molar-refractivity contribution in [3.8, 4) is 0 Å². The van der Waals surface area contributed by atoms with Crippen molar-refractivity contribution < 1.29 is 9.53 Å². The van der Waals surface area contributed by atoms with Crippen molar-refractivity contribution in [1.29, 1.82) is 0 Å². The summed E-state index contributed by atoms with van der Waals surface area (Å²) in [4.78, 5) is 14.2. The highest BCUT2D eigenvalue weighted by atomic mass is 16.5. The maximum Gasteiger partial charge on any atom is 0.325 e. The first-order valence-corrected chi connectivity index (χ1v) is 7.12. The molecule has 0 bridgehead atoms. The summed E-state index contributed by atoms with van der Waals surface area (Å²) in [6.07, 6.45) is 7.24. The summed E-state index contributed by atoms with van der Waals surface area (Å²) in [7, 11) is 3.27. The van der Waals surface area contributed by atoms with E-state index in [0.29, 0.717) is 0 Å². The molecule has 1 aliphatic heterocycles. The number of nitrogens with one attached hydrogen (secondary N) is 1. The van der Waals surface area contributed by atoms with Crippen LogP contribution in [-0.4, -0.2) is 50.2 Å². The summed E-state index contributed by atoms with van der Waals surface area (Å²) in [6, 6.07) is 0. The predicted octanol–water partition coefficient (Wildman–Crippen LogP) is 1.79. The van der Waals surface area contributed by atoms with Gasteiger partial charge in [0.2, 0.25) is 0 Å². The van der Waals surface area contributed by atoms with Crippen LogP contribution in [0.3, 0.4) is 0 Å². The van der Waals surface area contributed by atoms with Crippen LogP contribution in [0.15, 0.2) is 0 Å². The van der Waals surface area contributed by atoms with Crippen molar-refractivity contribution in [1.82, 2.24) is 10.2 Å². The van der Waals surface area contributed by atoms with E-state index in [2.05, 4.69) is 10.2 Å². The monoisotopic (exact) mass is 256 g/mol. The van der Waals surface area contributed by atoms with Crippen molar-refractivity contribution in [3.63, 3.8) is 0 Å². The SMILES string of the molecule is CNC(C)(CCCN1CCCCCC1)C(=O)OC. The second-order valence-corrected chi connectivity index (χ2v) is 5.43. The molecular formula is C14H28N2O2. The third-order valence-corrected chi connectivity index (χ3v) is 4.04. The molecule has 0 aromatic rings. The first-order chi connectivity index (χ1) is 8.62. The average Bonchev–Trinajstić information content (AvgIpc) is 2.66. The van der Waals surface area contributed by atoms with Gasteiger partial charge in [0.1, 0.15) is 5.54 Å². The molecule has 0 aromatic carbocycles. The molecule has 1 saturated heterocycles. The number of rotatable bonds is 6. The van der Waals surface area contributed by atoms with E-state index in [-0.39, 0.29) is 5.97 Å². The fourth-order valence-electron chi connectivity index (χ4n) is 2.57. The fraction of sp³-hybridized carbons (Fsp3) is 0.929. The quantitative estimate of drug-likeness (QED) is 0.736. The second kappa shape index (κ2) is 7.74. The number of likely N-dealkylation sites (tertiary alicyclic amines) is 1. The van der Waals surface area contributed by atoms with E-state index in [1.807, 2.05) is 14.0 Å². The van der Waals surface area contributed by atoms with Gasteiger partial charge in [-0.15, -0.1) is 0 Å². The largest absolute Gasteiger partial charge is 0.468 e. The lowest BCUT2D eigenvalue weighted by Crippen LogP contribution is -2.48. The molecular weight excluding hydrogens is 228 g/mol. The minimum absolute atomic E-state index is 0.166. The third kappa shape index (κ3) is 4.58. The zero-order valence-electron chi connectivity index (χ0n) is 12.1. The highest BCUT2D eigenvalue weighted by molar-refractivity contribution is 5.80. The standard InChI is InChI=1S/C14H28N2O2/c1-14(15-2,13(17)18-3)9-8-12-16-10-6-4-5-7-11-16/h15H,4-12H2,1-3H3. The molecule has 4 nitrogen and oxygen atoms in total. The van der Waals surface area contributed by atoms with E-state index in [9.17, 15) is 4.79 Å². The van der Waals surface area contributed by atoms with Crippen LogP contribution < -0.4 is 5.32 Å². The maximum atomic E-state index is 11.7. The van der Waals surface area contributed by atoms with E-state index in [1.165, 1.54) is 45.9 Å². The van der Waals surface area contributed by atoms with Crippen molar-refractivity contribution in [3.05, 3.63) is 0 Å². The summed E-state index contributed by atoms with van der Waals surface area (Å²) in [6.45, 7) is 5.44. The van der Waals surface area contributed by atoms with Crippen LogP contribution in [0, 0.1) is 0 Å². The lowest BCUT2D eigenvalue weighted by Gasteiger charge is -2.27. The normalized spacial score (nSPS) is 21.1. The molecule has 1 aliphatic rings. The number of ether oxygens (including phenoxy) is 1. The van der Waals surface area contributed by atoms with Gasteiger partial charge in [0.05, 0.1) is 7.11 Å². The molecule has 1 atom stereocenters. The lowest BCUT2D eigenvalue weighted by molar-refractivity contribution is -0.148. The van der Waals surface area contributed by atoms with Crippen LogP contribution in [0.2, 0.25) is 0 Å². The molecule has 1 unspecified atom stereocenters. The van der Waals surface area contributed by atoms with Crippen molar-refractivity contribution in [2.45, 2.75) is 51.0 Å². The number of hydrogen-bond acceptors (Lipinski definition) is 4. The highest BCUT2D eigenvalue weighted by Gasteiger charge is 2.31. The van der Waals surface area contributed by atoms with Gasteiger partial charge in [0, 0.05) is 0 Å². The first-order valence-electron chi connectivity index (χ1n) is 7.12. The zero-order chi connectivity index (χ0) is 13.4. The Balaban J connectivity index is 2.32. The topological polar surface area (TPSA) is 41.6 Å². The Morgan fingerprint density at radius 2 is 1.89 bits per heavy atom. The summed E-state index contributed by atoms with van der Waals surface area (Å²) >= 11 is 0. The van der Waals surface area contributed by atoms with Crippen molar-refractivity contribution >= 4 is 5.97 Å². The molecule has 0 amide bonds. The molecule has 1 rings (SSSR count). The Kier molecular flexibility index (Phi) is 6.65. The Morgan fingerprint density at radius 1 is 1.28 bits per heavy atom. The average molecular weight is 256 g/mol. The number of methoxy groups -OCH3 is 1. The van der Waals surface area contributed by atoms with Gasteiger partial charge in [-0.25, -0.2) is 0 Å². The summed E-state index contributed by atoms with van der Waals surface area (Å²) in [5, 5.41) is 3.09. The number of carbonyl (C=O) groups excluding carboxylic acids is 1. The molecule has 1 N–H and O–H groups in total. The maximum absolute atomic E-state index is 11.7. The molecule has 0 spiro atoms. The minimum atomic E-state index is -0.541. The Bertz CT molecular complexity index is 250. The third-order valence-electron chi connectivity index (χ3n) is 4.04. The highest BCUT2D eigenvalue weighted by Crippen LogP contribution is 2.16. The van der Waals surface area contributed by atoms with Crippen LogP contribution >= 0.6 is 0 Å². The van der Waals surface area contributed by atoms with Gasteiger partial charge < -0.3 is 15.0 Å². The molecule has 18 heavy (non-hydrogen) atoms. The Morgan fingerprint density at radius 3 is 2.39 bits per heavy atom. The van der Waals surface area contributed by atoms with E-state index in [4.69, 9.17) is 4.74 Å². The lowest BCUT2D eigenvalue weighted by atomic mass is 9.96. The Hall–Kier alpha value is -0.610. The number of likely N-dealkylation sites (N-methyl/N-ethyl adjacent to an activating group) is 1. The molecule has 4 heteroatoms. The first kappa shape index (κ1) is 15.4. The molecule has 0 aliphatic carbocycles. The van der Waals surface area contributed by atoms with Gasteiger partial charge in [0.15, 0.2) is 0 Å². The smallest absolute Gasteiger partial charge is 0.325 e. The van der Waals surface area contributed by atoms with Gasteiger partial charge in [-0.2, -0.15) is 0 Å². The summed E-state index contributed by atoms with van der Waals surface area (Å²) in [5.41, 5.74) is -0.541. The van der Waals surface area contributed by atoms with E-state index >= 15 is 0 Å². The molecule has 0 saturated carbocycles. The summed E-state index contributed by atoms with van der Waals surface area (Å²) in [5.74, 6) is -0.166. The van der Waals surface area contributed by atoms with Crippen LogP contribution in [0.5, 0.6) is 0 Å². The number of esters is 1. The van der Waals surface area contributed by atoms with Crippen LogP contribution in [0.25, 0.3) is 0 Å². The zero-order valence-corrected chi connectivity index (χ0v) is 12.1. The van der Waals surface area contributed by atoms with Crippen molar-refractivity contribution in [2.75, 3.05) is 33.8 Å². The molecule has 0 radical (unpaired) electrons. The molecule has 0 aromatic heterocycles. The van der Waals surface area contributed by atoms with Crippen LogP contribution in [0.4, 0.5) is 0 Å². The molecule has 106 valence electrons. The van der Waals surface area contributed by atoms with Gasteiger partial charge in [-0.1, -0.05) is 12.8 Å². The van der Waals surface area contributed by atoms with E-state index < -0.39 is 5.54 Å². The number of carbonyl (C=O) groups is 1. The van der Waals surface area contributed by atoms with Crippen LogP contribution in [-0.2, 0) is 9.53 Å². The van der Waals surface area contributed by atoms with Crippen LogP contribution in [0.1, 0.15) is 45.4 Å². The van der Waals surface area contributed by atoms with Gasteiger partial charge in [-0.3, -0.25) is 4.79 Å². The molecule has 1 fully saturated rings. The summed E-state index contributed by atoms with van der Waals surface area (Å²) < 4.78 is 4.85. The fourth-order valence-corrected chi connectivity index (χ4v) is 2.57. The van der Waals surface area contributed by atoms with Gasteiger partial charge in [-0.05, 0) is 59.3 Å². The minimum Gasteiger partial charge on any atom is -0.468 e. The number of nitrogens with zero attached hydrogens (tertiary/aromatic N) is 1. The van der Waals surface area contributed by atoms with Gasteiger partial charge >= 0.3 is 5.97 Å². The Labute approximate surface area is 111 Å². The van der Waals surface area contributed by atoms with E-state index in [0.717, 1.165) is 19.4 Å². The molecule has 1 heterocycles.